The SMILES string of the molecule is O=C1NC(c2ccccc2)C(=O)N2CCNCC12. The second kappa shape index (κ2) is 4.42. The van der Waals surface area contributed by atoms with Gasteiger partial charge >= 0.3 is 0 Å². The van der Waals surface area contributed by atoms with Crippen LogP contribution in [0.2, 0.25) is 0 Å². The fourth-order valence-corrected chi connectivity index (χ4v) is 2.54. The highest BCUT2D eigenvalue weighted by Crippen LogP contribution is 2.22. The zero-order valence-corrected chi connectivity index (χ0v) is 9.93. The molecule has 1 aromatic carbocycles. The van der Waals surface area contributed by atoms with Gasteiger partial charge in [-0.25, -0.2) is 0 Å². The standard InChI is InChI=1S/C13H15N3O2/c17-12-10-8-14-6-7-16(10)13(18)11(15-12)9-4-2-1-3-5-9/h1-5,10-11,14H,6-8H2,(H,15,17). The van der Waals surface area contributed by atoms with Crippen molar-refractivity contribution in [3.05, 3.63) is 35.9 Å². The Hall–Kier alpha value is -1.88. The van der Waals surface area contributed by atoms with Crippen LogP contribution in [-0.2, 0) is 9.59 Å². The first kappa shape index (κ1) is 11.2. The summed E-state index contributed by atoms with van der Waals surface area (Å²) in [5.41, 5.74) is 0.841. The van der Waals surface area contributed by atoms with E-state index in [0.29, 0.717) is 13.1 Å². The smallest absolute Gasteiger partial charge is 0.250 e. The number of rotatable bonds is 1. The lowest BCUT2D eigenvalue weighted by atomic mass is 9.99. The van der Waals surface area contributed by atoms with Crippen molar-refractivity contribution in [1.29, 1.82) is 0 Å². The highest BCUT2D eigenvalue weighted by Gasteiger charge is 2.41. The van der Waals surface area contributed by atoms with Gasteiger partial charge in [-0.15, -0.1) is 0 Å². The lowest BCUT2D eigenvalue weighted by Crippen LogP contribution is -2.66. The molecule has 0 aromatic heterocycles. The van der Waals surface area contributed by atoms with E-state index in [2.05, 4.69) is 10.6 Å². The van der Waals surface area contributed by atoms with Crippen molar-refractivity contribution in [2.75, 3.05) is 19.6 Å². The van der Waals surface area contributed by atoms with Crippen LogP contribution in [0.3, 0.4) is 0 Å². The molecule has 2 aliphatic heterocycles. The van der Waals surface area contributed by atoms with Crippen LogP contribution in [0.5, 0.6) is 0 Å². The van der Waals surface area contributed by atoms with Gasteiger partial charge in [0.2, 0.25) is 5.91 Å². The van der Waals surface area contributed by atoms with E-state index in [9.17, 15) is 9.59 Å². The number of carbonyl (C=O) groups excluding carboxylic acids is 2. The predicted octanol–water partition coefficient (Wildman–Crippen LogP) is -0.342. The first-order chi connectivity index (χ1) is 8.77. The summed E-state index contributed by atoms with van der Waals surface area (Å²) < 4.78 is 0. The molecule has 94 valence electrons. The lowest BCUT2D eigenvalue weighted by molar-refractivity contribution is -0.150. The normalized spacial score (nSPS) is 27.7. The molecule has 5 heteroatoms. The van der Waals surface area contributed by atoms with E-state index in [1.807, 2.05) is 30.3 Å². The second-order valence-electron chi connectivity index (χ2n) is 4.60. The summed E-state index contributed by atoms with van der Waals surface area (Å²) in [7, 11) is 0. The quantitative estimate of drug-likeness (QED) is 0.711. The largest absolute Gasteiger partial charge is 0.339 e. The van der Waals surface area contributed by atoms with Gasteiger partial charge in [0.25, 0.3) is 5.91 Å². The van der Waals surface area contributed by atoms with E-state index < -0.39 is 6.04 Å². The first-order valence-electron chi connectivity index (χ1n) is 6.14. The Morgan fingerprint density at radius 1 is 1.17 bits per heavy atom. The van der Waals surface area contributed by atoms with Gasteiger partial charge in [0.1, 0.15) is 12.1 Å². The molecule has 0 radical (unpaired) electrons. The van der Waals surface area contributed by atoms with Crippen LogP contribution >= 0.6 is 0 Å². The summed E-state index contributed by atoms with van der Waals surface area (Å²) in [5.74, 6) is -0.0806. The second-order valence-corrected chi connectivity index (χ2v) is 4.60. The van der Waals surface area contributed by atoms with Crippen molar-refractivity contribution in [2.24, 2.45) is 0 Å². The maximum Gasteiger partial charge on any atom is 0.250 e. The summed E-state index contributed by atoms with van der Waals surface area (Å²) in [6, 6.07) is 8.49. The molecule has 2 atom stereocenters. The van der Waals surface area contributed by atoms with Gasteiger partial charge in [0.05, 0.1) is 0 Å². The Kier molecular flexibility index (Phi) is 2.76. The number of benzene rings is 1. The molecule has 3 rings (SSSR count). The minimum Gasteiger partial charge on any atom is -0.339 e. The Balaban J connectivity index is 1.90. The fraction of sp³-hybridized carbons (Fsp3) is 0.385. The number of nitrogens with one attached hydrogen (secondary N) is 2. The molecule has 2 heterocycles. The minimum atomic E-state index is -0.534. The third-order valence-electron chi connectivity index (χ3n) is 3.50. The van der Waals surface area contributed by atoms with E-state index in [4.69, 9.17) is 0 Å². The number of fused-ring (bicyclic) bond motifs is 1. The lowest BCUT2D eigenvalue weighted by Gasteiger charge is -2.41. The maximum atomic E-state index is 12.4. The number of hydrogen-bond donors (Lipinski definition) is 2. The maximum absolute atomic E-state index is 12.4. The number of nitrogens with zero attached hydrogens (tertiary/aromatic N) is 1. The molecule has 2 unspecified atom stereocenters. The molecule has 2 amide bonds. The van der Waals surface area contributed by atoms with Crippen LogP contribution in [0.1, 0.15) is 11.6 Å². The van der Waals surface area contributed by atoms with Crippen molar-refractivity contribution in [2.45, 2.75) is 12.1 Å². The molecule has 1 aromatic rings. The number of carbonyl (C=O) groups is 2. The monoisotopic (exact) mass is 245 g/mol. The molecule has 2 aliphatic rings. The van der Waals surface area contributed by atoms with Gasteiger partial charge in [-0.3, -0.25) is 9.59 Å². The van der Waals surface area contributed by atoms with Gasteiger partial charge in [-0.05, 0) is 5.56 Å². The zero-order valence-electron chi connectivity index (χ0n) is 9.93. The van der Waals surface area contributed by atoms with Crippen molar-refractivity contribution in [1.82, 2.24) is 15.5 Å². The van der Waals surface area contributed by atoms with Gasteiger partial charge < -0.3 is 15.5 Å². The van der Waals surface area contributed by atoms with Crippen LogP contribution in [-0.4, -0.2) is 42.4 Å². The highest BCUT2D eigenvalue weighted by molar-refractivity contribution is 5.97. The van der Waals surface area contributed by atoms with Gasteiger partial charge in [0.15, 0.2) is 0 Å². The van der Waals surface area contributed by atoms with Gasteiger partial charge in [-0.2, -0.15) is 0 Å². The molecule has 5 nitrogen and oxygen atoms in total. The van der Waals surface area contributed by atoms with Crippen molar-refractivity contribution < 1.29 is 9.59 Å². The Morgan fingerprint density at radius 3 is 2.72 bits per heavy atom. The van der Waals surface area contributed by atoms with E-state index in [1.165, 1.54) is 0 Å². The molecule has 0 spiro atoms. The molecular formula is C13H15N3O2. The molecule has 0 aliphatic carbocycles. The Morgan fingerprint density at radius 2 is 1.94 bits per heavy atom. The fourth-order valence-electron chi connectivity index (χ4n) is 2.54. The van der Waals surface area contributed by atoms with Crippen LogP contribution in [0, 0.1) is 0 Å². The zero-order chi connectivity index (χ0) is 12.5. The van der Waals surface area contributed by atoms with E-state index >= 15 is 0 Å². The molecular weight excluding hydrogens is 230 g/mol. The Bertz CT molecular complexity index is 474. The van der Waals surface area contributed by atoms with Crippen LogP contribution in [0.15, 0.2) is 30.3 Å². The number of amides is 2. The minimum absolute atomic E-state index is 0.00713. The molecule has 2 saturated heterocycles. The summed E-state index contributed by atoms with van der Waals surface area (Å²) >= 11 is 0. The van der Waals surface area contributed by atoms with Crippen LogP contribution in [0.4, 0.5) is 0 Å². The molecule has 0 bridgehead atoms. The summed E-state index contributed by atoms with van der Waals surface area (Å²) in [6.45, 7) is 1.89. The van der Waals surface area contributed by atoms with Crippen LogP contribution in [0.25, 0.3) is 0 Å². The topological polar surface area (TPSA) is 61.4 Å². The summed E-state index contributed by atoms with van der Waals surface area (Å²) in [6.07, 6.45) is 0. The third kappa shape index (κ3) is 1.76. The van der Waals surface area contributed by atoms with Crippen molar-refractivity contribution in [3.63, 3.8) is 0 Å². The third-order valence-corrected chi connectivity index (χ3v) is 3.50. The average Bonchev–Trinajstić information content (AvgIpc) is 2.44. The van der Waals surface area contributed by atoms with Crippen molar-refractivity contribution >= 4 is 11.8 Å². The molecule has 0 saturated carbocycles. The van der Waals surface area contributed by atoms with Crippen LogP contribution < -0.4 is 10.6 Å². The summed E-state index contributed by atoms with van der Waals surface area (Å²) in [4.78, 5) is 26.1. The number of hydrogen-bond acceptors (Lipinski definition) is 3. The predicted molar refractivity (Wildman–Crippen MR) is 65.7 cm³/mol. The molecule has 2 fully saturated rings. The first-order valence-corrected chi connectivity index (χ1v) is 6.14. The van der Waals surface area contributed by atoms with Crippen molar-refractivity contribution in [3.8, 4) is 0 Å². The Labute approximate surface area is 105 Å². The van der Waals surface area contributed by atoms with Gasteiger partial charge in [-0.1, -0.05) is 30.3 Å². The van der Waals surface area contributed by atoms with E-state index in [-0.39, 0.29) is 17.9 Å². The van der Waals surface area contributed by atoms with Gasteiger partial charge in [0, 0.05) is 19.6 Å². The number of piperazine rings is 2. The van der Waals surface area contributed by atoms with E-state index in [1.54, 1.807) is 4.90 Å². The average molecular weight is 245 g/mol. The summed E-state index contributed by atoms with van der Waals surface area (Å²) in [5, 5.41) is 5.95. The highest BCUT2D eigenvalue weighted by atomic mass is 16.2. The molecule has 18 heavy (non-hydrogen) atoms. The van der Waals surface area contributed by atoms with E-state index in [0.717, 1.165) is 12.1 Å². The molecule has 2 N–H and O–H groups in total.